The first-order valence-electron chi connectivity index (χ1n) is 13.3. The molecular weight excluding hydrogens is 502 g/mol. The fourth-order valence-electron chi connectivity index (χ4n) is 4.13. The van der Waals surface area contributed by atoms with Crippen molar-refractivity contribution in [1.82, 2.24) is 10.6 Å². The van der Waals surface area contributed by atoms with E-state index in [-0.39, 0.29) is 11.8 Å². The van der Waals surface area contributed by atoms with E-state index < -0.39 is 6.04 Å². The van der Waals surface area contributed by atoms with Gasteiger partial charge in [-0.3, -0.25) is 9.59 Å². The molecule has 0 heterocycles. The van der Waals surface area contributed by atoms with Crippen molar-refractivity contribution in [2.75, 3.05) is 25.5 Å². The second kappa shape index (κ2) is 13.8. The van der Waals surface area contributed by atoms with Crippen molar-refractivity contribution >= 4 is 17.5 Å². The molecule has 0 aromatic heterocycles. The fraction of sp³-hybridized carbons (Fsp3) is 0.212. The molecule has 2 amide bonds. The van der Waals surface area contributed by atoms with Crippen LogP contribution in [0, 0.1) is 13.8 Å². The summed E-state index contributed by atoms with van der Waals surface area (Å²) in [6.07, 6.45) is 0.333. The molecule has 7 nitrogen and oxygen atoms in total. The lowest BCUT2D eigenvalue weighted by Crippen LogP contribution is -2.48. The standard InChI is InChI=1S/C33H35N3O4/c1-23-7-13-29(14-8-23)40-30-15-9-25(10-16-30)22-31(36-32(37)26-6-4-5-24(2)21-26)33(38)35-20-19-34-27-11-17-28(39-3)18-12-27/h4-18,21,31,34H,19-20,22H2,1-3H3,(H,35,38)(H,36,37). The Morgan fingerprint density at radius 1 is 0.750 bits per heavy atom. The Kier molecular flexibility index (Phi) is 9.77. The number of carbonyl (C=O) groups is 2. The molecule has 7 heteroatoms. The summed E-state index contributed by atoms with van der Waals surface area (Å²) in [5.74, 6) is 1.68. The molecule has 0 spiro atoms. The third kappa shape index (κ3) is 8.36. The number of carbonyl (C=O) groups excluding carboxylic acids is 2. The molecule has 206 valence electrons. The number of hydrogen-bond acceptors (Lipinski definition) is 5. The van der Waals surface area contributed by atoms with Gasteiger partial charge in [0, 0.05) is 30.8 Å². The van der Waals surface area contributed by atoms with Gasteiger partial charge in [-0.25, -0.2) is 0 Å². The number of nitrogens with one attached hydrogen (secondary N) is 3. The van der Waals surface area contributed by atoms with Crippen LogP contribution in [0.1, 0.15) is 27.0 Å². The molecule has 0 aliphatic rings. The zero-order chi connectivity index (χ0) is 28.3. The van der Waals surface area contributed by atoms with Gasteiger partial charge in [0.1, 0.15) is 23.3 Å². The molecule has 3 N–H and O–H groups in total. The van der Waals surface area contributed by atoms with E-state index in [9.17, 15) is 9.59 Å². The summed E-state index contributed by atoms with van der Waals surface area (Å²) < 4.78 is 11.1. The van der Waals surface area contributed by atoms with Crippen LogP contribution in [0.4, 0.5) is 5.69 Å². The Morgan fingerprint density at radius 3 is 2.05 bits per heavy atom. The predicted octanol–water partition coefficient (Wildman–Crippen LogP) is 5.67. The lowest BCUT2D eigenvalue weighted by molar-refractivity contribution is -0.122. The highest BCUT2D eigenvalue weighted by atomic mass is 16.5. The van der Waals surface area contributed by atoms with Gasteiger partial charge in [-0.2, -0.15) is 0 Å². The van der Waals surface area contributed by atoms with Crippen molar-refractivity contribution in [3.8, 4) is 17.2 Å². The van der Waals surface area contributed by atoms with Crippen LogP contribution in [-0.2, 0) is 11.2 Å². The Hall–Kier alpha value is -4.78. The Balaban J connectivity index is 1.39. The van der Waals surface area contributed by atoms with Crippen molar-refractivity contribution in [3.05, 3.63) is 119 Å². The minimum absolute atomic E-state index is 0.252. The molecule has 0 bridgehead atoms. The minimum Gasteiger partial charge on any atom is -0.497 e. The third-order valence-corrected chi connectivity index (χ3v) is 6.37. The molecule has 0 radical (unpaired) electrons. The number of methoxy groups -OCH3 is 1. The molecule has 0 fully saturated rings. The minimum atomic E-state index is -0.752. The smallest absolute Gasteiger partial charge is 0.251 e. The highest BCUT2D eigenvalue weighted by molar-refractivity contribution is 5.97. The van der Waals surface area contributed by atoms with Gasteiger partial charge in [0.2, 0.25) is 5.91 Å². The number of ether oxygens (including phenoxy) is 2. The third-order valence-electron chi connectivity index (χ3n) is 6.37. The van der Waals surface area contributed by atoms with Gasteiger partial charge in [0.15, 0.2) is 0 Å². The summed E-state index contributed by atoms with van der Waals surface area (Å²) in [6, 6.07) is 29.5. The zero-order valence-electron chi connectivity index (χ0n) is 23.1. The molecule has 0 saturated heterocycles. The van der Waals surface area contributed by atoms with Gasteiger partial charge in [-0.15, -0.1) is 0 Å². The molecule has 4 rings (SSSR count). The largest absolute Gasteiger partial charge is 0.497 e. The first-order valence-corrected chi connectivity index (χ1v) is 13.3. The van der Waals surface area contributed by atoms with Gasteiger partial charge in [-0.05, 0) is 80.1 Å². The number of rotatable bonds is 12. The van der Waals surface area contributed by atoms with Crippen LogP contribution in [0.3, 0.4) is 0 Å². The van der Waals surface area contributed by atoms with Crippen LogP contribution in [0.2, 0.25) is 0 Å². The van der Waals surface area contributed by atoms with E-state index in [4.69, 9.17) is 9.47 Å². The van der Waals surface area contributed by atoms with Gasteiger partial charge < -0.3 is 25.4 Å². The van der Waals surface area contributed by atoms with Crippen molar-refractivity contribution in [3.63, 3.8) is 0 Å². The second-order valence-electron chi connectivity index (χ2n) is 9.61. The lowest BCUT2D eigenvalue weighted by Gasteiger charge is -2.19. The van der Waals surface area contributed by atoms with E-state index in [0.717, 1.165) is 33.9 Å². The van der Waals surface area contributed by atoms with Crippen LogP contribution < -0.4 is 25.4 Å². The van der Waals surface area contributed by atoms with Gasteiger partial charge in [0.25, 0.3) is 5.91 Å². The second-order valence-corrected chi connectivity index (χ2v) is 9.61. The summed E-state index contributed by atoms with van der Waals surface area (Å²) in [4.78, 5) is 26.2. The van der Waals surface area contributed by atoms with Gasteiger partial charge in [0.05, 0.1) is 7.11 Å². The number of aryl methyl sites for hydroxylation is 2. The Labute approximate surface area is 235 Å². The average molecular weight is 538 g/mol. The van der Waals surface area contributed by atoms with Crippen molar-refractivity contribution in [2.45, 2.75) is 26.3 Å². The van der Waals surface area contributed by atoms with E-state index in [2.05, 4.69) is 16.0 Å². The monoisotopic (exact) mass is 537 g/mol. The van der Waals surface area contributed by atoms with Crippen LogP contribution in [0.15, 0.2) is 97.1 Å². The summed E-state index contributed by atoms with van der Waals surface area (Å²) in [7, 11) is 1.62. The molecule has 4 aromatic rings. The summed E-state index contributed by atoms with van der Waals surface area (Å²) >= 11 is 0. The van der Waals surface area contributed by atoms with E-state index in [1.807, 2.05) is 98.8 Å². The van der Waals surface area contributed by atoms with Crippen molar-refractivity contribution in [2.24, 2.45) is 0 Å². The quantitative estimate of drug-likeness (QED) is 0.203. The number of hydrogen-bond donors (Lipinski definition) is 3. The van der Waals surface area contributed by atoms with E-state index in [1.54, 1.807) is 19.2 Å². The highest BCUT2D eigenvalue weighted by Crippen LogP contribution is 2.22. The SMILES string of the molecule is COc1ccc(NCCNC(=O)C(Cc2ccc(Oc3ccc(C)cc3)cc2)NC(=O)c2cccc(C)c2)cc1. The summed E-state index contributed by atoms with van der Waals surface area (Å²) in [5.41, 5.74) is 4.48. The summed E-state index contributed by atoms with van der Waals surface area (Å²) in [6.45, 7) is 4.88. The normalized spacial score (nSPS) is 11.3. The van der Waals surface area contributed by atoms with Crippen LogP contribution in [0.25, 0.3) is 0 Å². The van der Waals surface area contributed by atoms with Crippen molar-refractivity contribution in [1.29, 1.82) is 0 Å². The molecule has 1 unspecified atom stereocenters. The number of anilines is 1. The maximum absolute atomic E-state index is 13.2. The van der Waals surface area contributed by atoms with Crippen molar-refractivity contribution < 1.29 is 19.1 Å². The van der Waals surface area contributed by atoms with Crippen LogP contribution in [-0.4, -0.2) is 38.1 Å². The zero-order valence-corrected chi connectivity index (χ0v) is 23.1. The first-order chi connectivity index (χ1) is 19.4. The molecule has 40 heavy (non-hydrogen) atoms. The maximum Gasteiger partial charge on any atom is 0.251 e. The summed E-state index contributed by atoms with van der Waals surface area (Å²) in [5, 5.41) is 9.14. The molecule has 1 atom stereocenters. The molecular formula is C33H35N3O4. The van der Waals surface area contributed by atoms with E-state index in [0.29, 0.717) is 30.8 Å². The molecule has 4 aromatic carbocycles. The van der Waals surface area contributed by atoms with Gasteiger partial charge in [-0.1, -0.05) is 47.5 Å². The van der Waals surface area contributed by atoms with Crippen LogP contribution in [0.5, 0.6) is 17.2 Å². The Bertz CT molecular complexity index is 1400. The van der Waals surface area contributed by atoms with E-state index in [1.165, 1.54) is 0 Å². The molecule has 0 saturated carbocycles. The number of amides is 2. The fourth-order valence-corrected chi connectivity index (χ4v) is 4.13. The topological polar surface area (TPSA) is 88.7 Å². The number of benzene rings is 4. The first kappa shape index (κ1) is 28.2. The molecule has 0 aliphatic carbocycles. The average Bonchev–Trinajstić information content (AvgIpc) is 2.97. The lowest BCUT2D eigenvalue weighted by atomic mass is 10.0. The maximum atomic E-state index is 13.2. The highest BCUT2D eigenvalue weighted by Gasteiger charge is 2.22. The van der Waals surface area contributed by atoms with Gasteiger partial charge >= 0.3 is 0 Å². The van der Waals surface area contributed by atoms with Crippen LogP contribution >= 0.6 is 0 Å². The molecule has 0 aliphatic heterocycles. The van der Waals surface area contributed by atoms with E-state index >= 15 is 0 Å². The predicted molar refractivity (Wildman–Crippen MR) is 158 cm³/mol. The Morgan fingerprint density at radius 2 is 1.40 bits per heavy atom.